The summed E-state index contributed by atoms with van der Waals surface area (Å²) in [6.07, 6.45) is 11.2. The van der Waals surface area contributed by atoms with Gasteiger partial charge in [-0.2, -0.15) is 0 Å². The van der Waals surface area contributed by atoms with Crippen LogP contribution in [-0.4, -0.2) is 24.2 Å². The van der Waals surface area contributed by atoms with Crippen LogP contribution in [0.2, 0.25) is 0 Å². The molecule has 0 radical (unpaired) electrons. The monoisotopic (exact) mass is 479 g/mol. The molecule has 3 N–H and O–H groups in total. The molecular weight excluding hydrogens is 441 g/mol. The molecule has 2 atom stereocenters. The van der Waals surface area contributed by atoms with Crippen molar-refractivity contribution in [2.24, 2.45) is 11.8 Å². The second kappa shape index (κ2) is 10.5. The maximum atomic E-state index is 14.2. The third-order valence-electron chi connectivity index (χ3n) is 8.04. The second-order valence-corrected chi connectivity index (χ2v) is 10.7. The van der Waals surface area contributed by atoms with Gasteiger partial charge in [0, 0.05) is 6.04 Å². The molecule has 2 aromatic rings. The average molecular weight is 480 g/mol. The number of carbonyl (C=O) groups is 1. The molecule has 5 nitrogen and oxygen atoms in total. The van der Waals surface area contributed by atoms with Crippen LogP contribution in [-0.2, 0) is 4.79 Å². The molecule has 3 aliphatic rings. The Bertz CT molecular complexity index is 1030. The van der Waals surface area contributed by atoms with Gasteiger partial charge in [-0.3, -0.25) is 4.79 Å². The SMILES string of the molecule is Cc1cccc(OCC2(C(C(=O)NC3CCCCC3)C3CCCCC3)Nc3ccc(F)cc3N2)c1. The Labute approximate surface area is 208 Å². The predicted molar refractivity (Wildman–Crippen MR) is 138 cm³/mol. The molecule has 0 bridgehead atoms. The molecule has 1 aliphatic heterocycles. The first kappa shape index (κ1) is 24.0. The van der Waals surface area contributed by atoms with Crippen molar-refractivity contribution in [3.05, 3.63) is 53.8 Å². The summed E-state index contributed by atoms with van der Waals surface area (Å²) in [5.74, 6) is 0.446. The summed E-state index contributed by atoms with van der Waals surface area (Å²) in [5.41, 5.74) is 1.75. The Morgan fingerprint density at radius 3 is 2.46 bits per heavy atom. The van der Waals surface area contributed by atoms with Crippen molar-refractivity contribution in [2.45, 2.75) is 82.8 Å². The van der Waals surface area contributed by atoms with E-state index < -0.39 is 5.66 Å². The molecule has 2 aliphatic carbocycles. The number of nitrogens with one attached hydrogen (secondary N) is 3. The van der Waals surface area contributed by atoms with Gasteiger partial charge in [-0.25, -0.2) is 4.39 Å². The second-order valence-electron chi connectivity index (χ2n) is 10.7. The van der Waals surface area contributed by atoms with Crippen molar-refractivity contribution in [1.82, 2.24) is 5.32 Å². The highest BCUT2D eigenvalue weighted by molar-refractivity contribution is 5.86. The number of ether oxygens (including phenoxy) is 1. The molecular formula is C29H38FN3O2. The van der Waals surface area contributed by atoms with Gasteiger partial charge in [0.25, 0.3) is 0 Å². The van der Waals surface area contributed by atoms with E-state index in [1.165, 1.54) is 37.8 Å². The molecule has 35 heavy (non-hydrogen) atoms. The van der Waals surface area contributed by atoms with Crippen molar-refractivity contribution in [3.8, 4) is 5.75 Å². The Hall–Kier alpha value is -2.76. The van der Waals surface area contributed by atoms with E-state index >= 15 is 0 Å². The van der Waals surface area contributed by atoms with Crippen molar-refractivity contribution in [1.29, 1.82) is 0 Å². The van der Waals surface area contributed by atoms with E-state index in [0.717, 1.165) is 55.5 Å². The van der Waals surface area contributed by atoms with Gasteiger partial charge in [0.15, 0.2) is 5.66 Å². The van der Waals surface area contributed by atoms with Crippen LogP contribution in [0.3, 0.4) is 0 Å². The number of fused-ring (bicyclic) bond motifs is 1. The van der Waals surface area contributed by atoms with Crippen LogP contribution in [0.25, 0.3) is 0 Å². The van der Waals surface area contributed by atoms with Crippen LogP contribution >= 0.6 is 0 Å². The standard InChI is InChI=1S/C29H38FN3O2/c1-20-9-8-14-24(17-20)35-19-29(32-25-16-15-22(30)18-26(25)33-29)27(21-10-4-2-5-11-21)28(34)31-23-12-6-3-7-13-23/h8-9,14-18,21,23,27,32-33H,2-7,10-13,19H2,1H3,(H,31,34). The maximum absolute atomic E-state index is 14.2. The van der Waals surface area contributed by atoms with Crippen molar-refractivity contribution >= 4 is 17.3 Å². The van der Waals surface area contributed by atoms with Gasteiger partial charge < -0.3 is 20.7 Å². The number of anilines is 2. The van der Waals surface area contributed by atoms with Crippen LogP contribution in [0.15, 0.2) is 42.5 Å². The van der Waals surface area contributed by atoms with Crippen molar-refractivity contribution < 1.29 is 13.9 Å². The van der Waals surface area contributed by atoms with E-state index in [-0.39, 0.29) is 36.2 Å². The zero-order chi connectivity index (χ0) is 24.3. The molecule has 1 heterocycles. The van der Waals surface area contributed by atoms with Gasteiger partial charge in [-0.1, -0.05) is 50.7 Å². The Morgan fingerprint density at radius 1 is 1.00 bits per heavy atom. The van der Waals surface area contributed by atoms with E-state index in [1.807, 2.05) is 31.2 Å². The summed E-state index contributed by atoms with van der Waals surface area (Å²) in [4.78, 5) is 14.1. The van der Waals surface area contributed by atoms with E-state index in [2.05, 4.69) is 16.0 Å². The van der Waals surface area contributed by atoms with Gasteiger partial charge in [-0.15, -0.1) is 0 Å². The minimum absolute atomic E-state index is 0.0879. The molecule has 0 spiro atoms. The Balaban J connectivity index is 1.48. The summed E-state index contributed by atoms with van der Waals surface area (Å²) in [7, 11) is 0. The molecule has 2 fully saturated rings. The highest BCUT2D eigenvalue weighted by atomic mass is 19.1. The summed E-state index contributed by atoms with van der Waals surface area (Å²) < 4.78 is 20.5. The quantitative estimate of drug-likeness (QED) is 0.430. The number of benzene rings is 2. The van der Waals surface area contributed by atoms with Gasteiger partial charge in [0.2, 0.25) is 5.91 Å². The van der Waals surface area contributed by atoms with Crippen LogP contribution in [0.1, 0.15) is 69.8 Å². The van der Waals surface area contributed by atoms with Gasteiger partial charge in [0.1, 0.15) is 18.2 Å². The molecule has 0 aromatic heterocycles. The van der Waals surface area contributed by atoms with E-state index in [1.54, 1.807) is 6.07 Å². The summed E-state index contributed by atoms with van der Waals surface area (Å²) in [6, 6.07) is 12.9. The third-order valence-corrected chi connectivity index (χ3v) is 8.04. The number of aryl methyl sites for hydroxylation is 1. The fourth-order valence-corrected chi connectivity index (χ4v) is 6.31. The molecule has 5 rings (SSSR count). The molecule has 2 saturated carbocycles. The van der Waals surface area contributed by atoms with Crippen LogP contribution in [0.4, 0.5) is 15.8 Å². The number of carbonyl (C=O) groups excluding carboxylic acids is 1. The average Bonchev–Trinajstić information content (AvgIpc) is 3.22. The minimum atomic E-state index is -0.860. The lowest BCUT2D eigenvalue weighted by Gasteiger charge is -2.43. The first-order valence-electron chi connectivity index (χ1n) is 13.4. The van der Waals surface area contributed by atoms with Crippen LogP contribution < -0.4 is 20.7 Å². The first-order valence-corrected chi connectivity index (χ1v) is 13.4. The number of rotatable bonds is 7. The Kier molecular flexibility index (Phi) is 7.17. The van der Waals surface area contributed by atoms with Crippen molar-refractivity contribution in [3.63, 3.8) is 0 Å². The normalized spacial score (nSPS) is 23.6. The molecule has 0 saturated heterocycles. The highest BCUT2D eigenvalue weighted by Gasteiger charge is 2.51. The summed E-state index contributed by atoms with van der Waals surface area (Å²) in [6.45, 7) is 2.29. The van der Waals surface area contributed by atoms with E-state index in [9.17, 15) is 9.18 Å². The molecule has 2 aromatic carbocycles. The summed E-state index contributed by atoms with van der Waals surface area (Å²) in [5, 5.41) is 10.6. The fraction of sp³-hybridized carbons (Fsp3) is 0.552. The van der Waals surface area contributed by atoms with Crippen molar-refractivity contribution in [2.75, 3.05) is 17.2 Å². The molecule has 1 amide bonds. The lowest BCUT2D eigenvalue weighted by Crippen LogP contribution is -2.61. The molecule has 6 heteroatoms. The largest absolute Gasteiger partial charge is 0.489 e. The smallest absolute Gasteiger partial charge is 0.228 e. The Morgan fingerprint density at radius 2 is 1.71 bits per heavy atom. The topological polar surface area (TPSA) is 62.4 Å². The molecule has 188 valence electrons. The fourth-order valence-electron chi connectivity index (χ4n) is 6.31. The number of amides is 1. The van der Waals surface area contributed by atoms with Gasteiger partial charge >= 0.3 is 0 Å². The third kappa shape index (κ3) is 5.41. The zero-order valence-corrected chi connectivity index (χ0v) is 20.7. The molecule has 2 unspecified atom stereocenters. The van der Waals surface area contributed by atoms with E-state index in [0.29, 0.717) is 5.69 Å². The number of halogens is 1. The first-order chi connectivity index (χ1) is 17.0. The lowest BCUT2D eigenvalue weighted by molar-refractivity contribution is -0.130. The van der Waals surface area contributed by atoms with Crippen LogP contribution in [0, 0.1) is 24.6 Å². The highest BCUT2D eigenvalue weighted by Crippen LogP contribution is 2.44. The number of hydrogen-bond donors (Lipinski definition) is 3. The minimum Gasteiger partial charge on any atom is -0.489 e. The lowest BCUT2D eigenvalue weighted by atomic mass is 9.73. The van der Waals surface area contributed by atoms with E-state index in [4.69, 9.17) is 4.74 Å². The van der Waals surface area contributed by atoms with Gasteiger partial charge in [0.05, 0.1) is 17.3 Å². The number of hydrogen-bond acceptors (Lipinski definition) is 4. The van der Waals surface area contributed by atoms with Gasteiger partial charge in [-0.05, 0) is 74.4 Å². The summed E-state index contributed by atoms with van der Waals surface area (Å²) >= 11 is 0. The maximum Gasteiger partial charge on any atom is 0.228 e. The zero-order valence-electron chi connectivity index (χ0n) is 20.7. The predicted octanol–water partition coefficient (Wildman–Crippen LogP) is 6.39. The van der Waals surface area contributed by atoms with Crippen LogP contribution in [0.5, 0.6) is 5.75 Å².